The van der Waals surface area contributed by atoms with Crippen molar-refractivity contribution in [1.29, 1.82) is 5.26 Å². The first-order chi connectivity index (χ1) is 5.72. The van der Waals surface area contributed by atoms with Crippen molar-refractivity contribution in [2.45, 2.75) is 0 Å². The topological polar surface area (TPSA) is 36.3 Å². The number of nitrogens with zero attached hydrogens (tertiary/aromatic N) is 2. The Morgan fingerprint density at radius 2 is 1.83 bits per heavy atom. The van der Waals surface area contributed by atoms with Gasteiger partial charge < -0.3 is 4.84 Å². The van der Waals surface area contributed by atoms with Gasteiger partial charge in [-0.3, -0.25) is 0 Å². The van der Waals surface area contributed by atoms with Gasteiger partial charge in [0.05, 0.1) is 11.6 Å². The predicted octanol–water partition coefficient (Wildman–Crippen LogP) is 1.41. The zero-order valence-corrected chi connectivity index (χ0v) is 7.11. The lowest BCUT2D eigenvalue weighted by Gasteiger charge is -2.10. The first-order valence-corrected chi connectivity index (χ1v) is 3.58. The molecular weight excluding hydrogens is 152 g/mol. The molecule has 3 nitrogen and oxygen atoms in total. The molecule has 0 amide bonds. The molecule has 0 aromatic heterocycles. The van der Waals surface area contributed by atoms with E-state index in [2.05, 4.69) is 0 Å². The number of benzene rings is 1. The van der Waals surface area contributed by atoms with Crippen LogP contribution in [0.4, 0.5) is 0 Å². The van der Waals surface area contributed by atoms with E-state index in [4.69, 9.17) is 10.1 Å². The Kier molecular flexibility index (Phi) is 2.67. The number of hydrogen-bond donors (Lipinski definition) is 0. The molecule has 0 radical (unpaired) electrons. The molecule has 0 N–H and O–H groups in total. The van der Waals surface area contributed by atoms with Crippen LogP contribution in [0.3, 0.4) is 0 Å². The Labute approximate surface area is 71.7 Å². The Hall–Kier alpha value is -1.53. The second-order valence-electron chi connectivity index (χ2n) is 2.54. The first-order valence-electron chi connectivity index (χ1n) is 3.58. The van der Waals surface area contributed by atoms with Crippen LogP contribution in [-0.2, 0) is 0 Å². The summed E-state index contributed by atoms with van der Waals surface area (Å²) < 4.78 is 0. The molecule has 12 heavy (non-hydrogen) atoms. The summed E-state index contributed by atoms with van der Waals surface area (Å²) in [7, 11) is 3.61. The van der Waals surface area contributed by atoms with Gasteiger partial charge in [0.15, 0.2) is 0 Å². The predicted molar refractivity (Wildman–Crippen MR) is 45.5 cm³/mol. The van der Waals surface area contributed by atoms with Crippen LogP contribution in [0.1, 0.15) is 5.56 Å². The average Bonchev–Trinajstić information content (AvgIpc) is 2.05. The molecule has 62 valence electrons. The van der Waals surface area contributed by atoms with Crippen molar-refractivity contribution in [3.05, 3.63) is 29.8 Å². The summed E-state index contributed by atoms with van der Waals surface area (Å²) in [4.78, 5) is 5.24. The maximum Gasteiger partial charge on any atom is 0.147 e. The Morgan fingerprint density at radius 3 is 2.25 bits per heavy atom. The van der Waals surface area contributed by atoms with E-state index >= 15 is 0 Å². The van der Waals surface area contributed by atoms with Crippen LogP contribution in [0.15, 0.2) is 24.3 Å². The van der Waals surface area contributed by atoms with Crippen LogP contribution < -0.4 is 4.84 Å². The molecule has 0 spiro atoms. The SMILES string of the molecule is CN(C)Oc1ccc(C#N)cc1. The fourth-order valence-electron chi connectivity index (χ4n) is 0.801. The van der Waals surface area contributed by atoms with Gasteiger partial charge in [-0.2, -0.15) is 10.3 Å². The molecular formula is C9H10N2O. The van der Waals surface area contributed by atoms with E-state index in [1.165, 1.54) is 0 Å². The smallest absolute Gasteiger partial charge is 0.147 e. The van der Waals surface area contributed by atoms with Crippen molar-refractivity contribution in [2.75, 3.05) is 14.1 Å². The lowest BCUT2D eigenvalue weighted by Crippen LogP contribution is -2.15. The normalized spacial score (nSPS) is 9.50. The maximum atomic E-state index is 8.51. The molecule has 0 bridgehead atoms. The van der Waals surface area contributed by atoms with Crippen molar-refractivity contribution in [3.63, 3.8) is 0 Å². The molecule has 0 saturated heterocycles. The van der Waals surface area contributed by atoms with E-state index < -0.39 is 0 Å². The van der Waals surface area contributed by atoms with Gasteiger partial charge in [-0.15, -0.1) is 0 Å². The molecule has 0 heterocycles. The standard InChI is InChI=1S/C9H10N2O/c1-11(2)12-9-5-3-8(7-10)4-6-9/h3-6H,1-2H3. The van der Waals surface area contributed by atoms with Crippen LogP contribution in [0.25, 0.3) is 0 Å². The van der Waals surface area contributed by atoms with E-state index in [1.807, 2.05) is 6.07 Å². The van der Waals surface area contributed by atoms with Crippen LogP contribution in [-0.4, -0.2) is 19.2 Å². The molecule has 0 fully saturated rings. The van der Waals surface area contributed by atoms with Gasteiger partial charge in [0.2, 0.25) is 0 Å². The van der Waals surface area contributed by atoms with Gasteiger partial charge >= 0.3 is 0 Å². The molecule has 1 aromatic carbocycles. The quantitative estimate of drug-likeness (QED) is 0.617. The molecule has 1 rings (SSSR count). The second-order valence-corrected chi connectivity index (χ2v) is 2.54. The molecule has 1 aromatic rings. The first kappa shape index (κ1) is 8.57. The van der Waals surface area contributed by atoms with E-state index in [0.717, 1.165) is 5.75 Å². The fraction of sp³-hybridized carbons (Fsp3) is 0.222. The number of hydrogen-bond acceptors (Lipinski definition) is 3. The maximum absolute atomic E-state index is 8.51. The molecule has 0 saturated carbocycles. The van der Waals surface area contributed by atoms with Crippen LogP contribution in [0, 0.1) is 11.3 Å². The zero-order chi connectivity index (χ0) is 8.97. The van der Waals surface area contributed by atoms with Crippen molar-refractivity contribution in [2.24, 2.45) is 0 Å². The van der Waals surface area contributed by atoms with Gasteiger partial charge in [0.25, 0.3) is 0 Å². The van der Waals surface area contributed by atoms with Crippen LogP contribution in [0.2, 0.25) is 0 Å². The fourth-order valence-corrected chi connectivity index (χ4v) is 0.801. The summed E-state index contributed by atoms with van der Waals surface area (Å²) in [5, 5.41) is 10.1. The zero-order valence-electron chi connectivity index (χ0n) is 7.11. The summed E-state index contributed by atoms with van der Waals surface area (Å²) in [6.45, 7) is 0. The summed E-state index contributed by atoms with van der Waals surface area (Å²) in [6.07, 6.45) is 0. The van der Waals surface area contributed by atoms with Crippen molar-refractivity contribution < 1.29 is 4.84 Å². The lowest BCUT2D eigenvalue weighted by molar-refractivity contribution is -0.00325. The van der Waals surface area contributed by atoms with Crippen LogP contribution in [0.5, 0.6) is 5.75 Å². The summed E-state index contributed by atoms with van der Waals surface area (Å²) in [6, 6.07) is 9.01. The van der Waals surface area contributed by atoms with Gasteiger partial charge in [0, 0.05) is 14.1 Å². The van der Waals surface area contributed by atoms with Gasteiger partial charge in [-0.25, -0.2) is 0 Å². The third-order valence-corrected chi connectivity index (χ3v) is 1.27. The molecule has 0 aliphatic rings. The number of rotatable bonds is 2. The van der Waals surface area contributed by atoms with Gasteiger partial charge in [-0.1, -0.05) is 0 Å². The van der Waals surface area contributed by atoms with Crippen LogP contribution >= 0.6 is 0 Å². The minimum absolute atomic E-state index is 0.640. The Morgan fingerprint density at radius 1 is 1.25 bits per heavy atom. The number of hydroxylamine groups is 2. The van der Waals surface area contributed by atoms with Gasteiger partial charge in [0.1, 0.15) is 5.75 Å². The van der Waals surface area contributed by atoms with E-state index in [0.29, 0.717) is 5.56 Å². The van der Waals surface area contributed by atoms with E-state index in [1.54, 1.807) is 43.4 Å². The van der Waals surface area contributed by atoms with Crippen molar-refractivity contribution >= 4 is 0 Å². The lowest BCUT2D eigenvalue weighted by atomic mass is 10.2. The summed E-state index contributed by atoms with van der Waals surface area (Å²) in [5.74, 6) is 0.735. The second kappa shape index (κ2) is 3.74. The van der Waals surface area contributed by atoms with Gasteiger partial charge in [-0.05, 0) is 24.3 Å². The Balaban J connectivity index is 2.73. The monoisotopic (exact) mass is 162 g/mol. The Bertz CT molecular complexity index is 284. The minimum Gasteiger partial charge on any atom is -0.407 e. The molecule has 3 heteroatoms. The third kappa shape index (κ3) is 2.26. The van der Waals surface area contributed by atoms with Crippen molar-refractivity contribution in [1.82, 2.24) is 5.06 Å². The largest absolute Gasteiger partial charge is 0.407 e. The molecule has 0 atom stereocenters. The minimum atomic E-state index is 0.640. The highest BCUT2D eigenvalue weighted by molar-refractivity contribution is 5.34. The summed E-state index contributed by atoms with van der Waals surface area (Å²) in [5.41, 5.74) is 0.640. The summed E-state index contributed by atoms with van der Waals surface area (Å²) >= 11 is 0. The highest BCUT2D eigenvalue weighted by Crippen LogP contribution is 2.11. The van der Waals surface area contributed by atoms with Crippen molar-refractivity contribution in [3.8, 4) is 11.8 Å². The number of nitriles is 1. The van der Waals surface area contributed by atoms with E-state index in [-0.39, 0.29) is 0 Å². The highest BCUT2D eigenvalue weighted by Gasteiger charge is 1.94. The van der Waals surface area contributed by atoms with E-state index in [9.17, 15) is 0 Å². The molecule has 0 aliphatic heterocycles. The molecule has 0 aliphatic carbocycles. The third-order valence-electron chi connectivity index (χ3n) is 1.27. The molecule has 0 unspecified atom stereocenters. The highest BCUT2D eigenvalue weighted by atomic mass is 16.7. The average molecular weight is 162 g/mol.